The Kier molecular flexibility index (Phi) is 6.99. The van der Waals surface area contributed by atoms with Crippen molar-refractivity contribution >= 4 is 27.5 Å². The molecule has 3 aromatic rings. The summed E-state index contributed by atoms with van der Waals surface area (Å²) < 4.78 is 20.4. The number of anilines is 1. The Morgan fingerprint density at radius 2 is 2.09 bits per heavy atom. The number of methoxy groups -OCH3 is 1. The molecule has 0 amide bonds. The molecule has 0 radical (unpaired) electrons. The number of carbonyl (C=O) groups excluding carboxylic acids is 1. The number of rotatable bonds is 7. The average molecular weight is 515 g/mol. The summed E-state index contributed by atoms with van der Waals surface area (Å²) in [6.45, 7) is 2.90. The van der Waals surface area contributed by atoms with Gasteiger partial charge in [-0.25, -0.2) is 19.3 Å². The van der Waals surface area contributed by atoms with E-state index in [0.717, 1.165) is 18.5 Å². The lowest BCUT2D eigenvalue weighted by atomic mass is 10.1. The largest absolute Gasteiger partial charge is 0.496 e. The lowest BCUT2D eigenvalue weighted by molar-refractivity contribution is 0.0988. The lowest BCUT2D eigenvalue weighted by Gasteiger charge is -2.26. The van der Waals surface area contributed by atoms with Gasteiger partial charge < -0.3 is 14.7 Å². The number of aliphatic hydroxyl groups is 1. The molecule has 2 atom stereocenters. The number of aromatic nitrogens is 3. The molecule has 0 spiro atoms. The zero-order valence-electron chi connectivity index (χ0n) is 18.3. The predicted octanol–water partition coefficient (Wildman–Crippen LogP) is 4.08. The SMILES string of the molecule is COc1cccc(F)c1-c1nccc(C(=O)Cc2ccc(Br)nc2N2C[C@@H](C)C[C@H]2CO)n1. The van der Waals surface area contributed by atoms with Crippen LogP contribution in [0.1, 0.15) is 29.4 Å². The first-order chi connectivity index (χ1) is 15.9. The number of nitrogens with zero attached hydrogens (tertiary/aromatic N) is 4. The number of hydrogen-bond acceptors (Lipinski definition) is 7. The summed E-state index contributed by atoms with van der Waals surface area (Å²) in [5.41, 5.74) is 1.02. The Morgan fingerprint density at radius 1 is 1.27 bits per heavy atom. The minimum absolute atomic E-state index is 0.0195. The number of pyridine rings is 1. The van der Waals surface area contributed by atoms with Gasteiger partial charge in [-0.1, -0.05) is 19.1 Å². The predicted molar refractivity (Wildman–Crippen MR) is 126 cm³/mol. The maximum Gasteiger partial charge on any atom is 0.185 e. The third-order valence-corrected chi connectivity index (χ3v) is 6.18. The molecule has 4 rings (SSSR count). The van der Waals surface area contributed by atoms with E-state index in [2.05, 4.69) is 42.7 Å². The summed E-state index contributed by atoms with van der Waals surface area (Å²) in [7, 11) is 1.44. The van der Waals surface area contributed by atoms with Crippen molar-refractivity contribution in [2.75, 3.05) is 25.2 Å². The Bertz CT molecular complexity index is 1180. The topological polar surface area (TPSA) is 88.4 Å². The van der Waals surface area contributed by atoms with E-state index in [1.165, 1.54) is 31.5 Å². The van der Waals surface area contributed by atoms with Crippen LogP contribution in [0.25, 0.3) is 11.4 Å². The first kappa shape index (κ1) is 23.3. The molecule has 1 aliphatic rings. The molecule has 0 unspecified atom stereocenters. The zero-order valence-corrected chi connectivity index (χ0v) is 19.9. The van der Waals surface area contributed by atoms with E-state index in [1.807, 2.05) is 6.07 Å². The smallest absolute Gasteiger partial charge is 0.185 e. The molecule has 1 N–H and O–H groups in total. The van der Waals surface area contributed by atoms with Crippen LogP contribution in [-0.2, 0) is 6.42 Å². The summed E-state index contributed by atoms with van der Waals surface area (Å²) in [5, 5.41) is 9.83. The minimum atomic E-state index is -0.531. The highest BCUT2D eigenvalue weighted by Crippen LogP contribution is 2.32. The van der Waals surface area contributed by atoms with Gasteiger partial charge in [0.25, 0.3) is 0 Å². The molecular weight excluding hydrogens is 491 g/mol. The van der Waals surface area contributed by atoms with Gasteiger partial charge in [0.15, 0.2) is 11.6 Å². The standard InChI is InChI=1S/C24H24BrFN4O3/c1-14-10-16(13-31)30(12-14)24-15(6-7-21(25)29-24)11-19(32)18-8-9-27-23(28-18)22-17(26)4-3-5-20(22)33-2/h3-9,14,16,31H,10-13H2,1-2H3/t14-,16-/m0/s1. The summed E-state index contributed by atoms with van der Waals surface area (Å²) in [4.78, 5) is 28.3. The van der Waals surface area contributed by atoms with Crippen LogP contribution in [0.2, 0.25) is 0 Å². The Morgan fingerprint density at radius 3 is 2.85 bits per heavy atom. The molecular formula is C24H24BrFN4O3. The number of carbonyl (C=O) groups is 1. The second-order valence-electron chi connectivity index (χ2n) is 8.13. The lowest BCUT2D eigenvalue weighted by Crippen LogP contribution is -2.34. The maximum absolute atomic E-state index is 14.5. The molecule has 3 heterocycles. The van der Waals surface area contributed by atoms with Gasteiger partial charge in [-0.2, -0.15) is 0 Å². The summed E-state index contributed by atoms with van der Waals surface area (Å²) in [6.07, 6.45) is 2.35. The van der Waals surface area contributed by atoms with Gasteiger partial charge in [0.2, 0.25) is 0 Å². The van der Waals surface area contributed by atoms with Gasteiger partial charge in [0.05, 0.1) is 25.3 Å². The fourth-order valence-electron chi connectivity index (χ4n) is 4.21. The summed E-state index contributed by atoms with van der Waals surface area (Å²) in [5.74, 6) is 0.678. The van der Waals surface area contributed by atoms with Crippen LogP contribution in [0.15, 0.2) is 47.2 Å². The van der Waals surface area contributed by atoms with Gasteiger partial charge in [0.1, 0.15) is 27.7 Å². The third kappa shape index (κ3) is 4.89. The van der Waals surface area contributed by atoms with Crippen LogP contribution < -0.4 is 9.64 Å². The second-order valence-corrected chi connectivity index (χ2v) is 8.94. The number of halogens is 2. The second kappa shape index (κ2) is 9.93. The minimum Gasteiger partial charge on any atom is -0.496 e. The number of benzene rings is 1. The number of ether oxygens (including phenoxy) is 1. The van der Waals surface area contributed by atoms with Crippen LogP contribution >= 0.6 is 15.9 Å². The summed E-state index contributed by atoms with van der Waals surface area (Å²) in [6, 6.07) is 9.55. The van der Waals surface area contributed by atoms with Crippen molar-refractivity contribution in [1.82, 2.24) is 15.0 Å². The molecule has 9 heteroatoms. The quantitative estimate of drug-likeness (QED) is 0.375. The molecule has 1 aromatic carbocycles. The molecule has 7 nitrogen and oxygen atoms in total. The number of ketones is 1. The van der Waals surface area contributed by atoms with Gasteiger partial charge in [-0.05, 0) is 52.5 Å². The van der Waals surface area contributed by atoms with Crippen LogP contribution in [-0.4, -0.2) is 52.1 Å². The molecule has 0 bridgehead atoms. The third-order valence-electron chi connectivity index (χ3n) is 5.74. The van der Waals surface area contributed by atoms with Crippen molar-refractivity contribution < 1.29 is 19.0 Å². The molecule has 1 fully saturated rings. The van der Waals surface area contributed by atoms with Gasteiger partial charge in [-0.3, -0.25) is 4.79 Å². The van der Waals surface area contributed by atoms with E-state index in [0.29, 0.717) is 16.3 Å². The molecule has 33 heavy (non-hydrogen) atoms. The van der Waals surface area contributed by atoms with Crippen molar-refractivity contribution in [3.05, 3.63) is 64.3 Å². The summed E-state index contributed by atoms with van der Waals surface area (Å²) >= 11 is 3.41. The van der Waals surface area contributed by atoms with Crippen molar-refractivity contribution in [3.63, 3.8) is 0 Å². The molecule has 0 aliphatic carbocycles. The molecule has 172 valence electrons. The normalized spacial score (nSPS) is 17.9. The fraction of sp³-hybridized carbons (Fsp3) is 0.333. The maximum atomic E-state index is 14.5. The van der Waals surface area contributed by atoms with Crippen LogP contribution in [0, 0.1) is 11.7 Å². The fourth-order valence-corrected chi connectivity index (χ4v) is 4.51. The van der Waals surface area contributed by atoms with Crippen molar-refractivity contribution in [1.29, 1.82) is 0 Å². The van der Waals surface area contributed by atoms with E-state index in [-0.39, 0.29) is 47.7 Å². The van der Waals surface area contributed by atoms with Crippen molar-refractivity contribution in [3.8, 4) is 17.1 Å². The molecule has 2 aromatic heterocycles. The zero-order chi connectivity index (χ0) is 23.5. The van der Waals surface area contributed by atoms with Gasteiger partial charge in [0, 0.05) is 24.7 Å². The first-order valence-electron chi connectivity index (χ1n) is 10.6. The Balaban J connectivity index is 1.65. The van der Waals surface area contributed by atoms with E-state index < -0.39 is 5.82 Å². The van der Waals surface area contributed by atoms with Crippen LogP contribution in [0.4, 0.5) is 10.2 Å². The van der Waals surface area contributed by atoms with Crippen LogP contribution in [0.5, 0.6) is 5.75 Å². The number of hydrogen-bond donors (Lipinski definition) is 1. The number of aliphatic hydroxyl groups excluding tert-OH is 1. The van der Waals surface area contributed by atoms with Crippen molar-refractivity contribution in [2.45, 2.75) is 25.8 Å². The van der Waals surface area contributed by atoms with Crippen molar-refractivity contribution in [2.24, 2.45) is 5.92 Å². The highest BCUT2D eigenvalue weighted by Gasteiger charge is 2.32. The highest BCUT2D eigenvalue weighted by atomic mass is 79.9. The molecule has 1 saturated heterocycles. The van der Waals surface area contributed by atoms with E-state index >= 15 is 0 Å². The number of Topliss-reactive ketones (excluding diaryl/α,β-unsaturated/α-hetero) is 1. The monoisotopic (exact) mass is 514 g/mol. The van der Waals surface area contributed by atoms with Gasteiger partial charge >= 0.3 is 0 Å². The Hall–Kier alpha value is -2.91. The van der Waals surface area contributed by atoms with E-state index in [9.17, 15) is 14.3 Å². The van der Waals surface area contributed by atoms with E-state index in [4.69, 9.17) is 4.74 Å². The Labute approximate surface area is 199 Å². The average Bonchev–Trinajstić information content (AvgIpc) is 3.20. The highest BCUT2D eigenvalue weighted by molar-refractivity contribution is 9.10. The van der Waals surface area contributed by atoms with E-state index in [1.54, 1.807) is 12.1 Å². The molecule has 0 saturated carbocycles. The molecule has 1 aliphatic heterocycles. The van der Waals surface area contributed by atoms with Gasteiger partial charge in [-0.15, -0.1) is 0 Å². The van der Waals surface area contributed by atoms with Crippen LogP contribution in [0.3, 0.4) is 0 Å². The first-order valence-corrected chi connectivity index (χ1v) is 11.4.